The molecule has 0 bridgehead atoms. The number of halogens is 2. The summed E-state index contributed by atoms with van der Waals surface area (Å²) in [6.45, 7) is 0.130. The Hall–Kier alpha value is -2.87. The molecule has 26 heavy (non-hydrogen) atoms. The Kier molecular flexibility index (Phi) is 5.52. The van der Waals surface area contributed by atoms with Crippen molar-refractivity contribution in [3.63, 3.8) is 0 Å². The molecule has 3 rings (SSSR count). The summed E-state index contributed by atoms with van der Waals surface area (Å²) >= 11 is 1.26. The Balaban J connectivity index is 1.67. The fourth-order valence-corrected chi connectivity index (χ4v) is 3.09. The highest BCUT2D eigenvalue weighted by molar-refractivity contribution is 7.15. The molecular formula is C18H15F2N3O2S. The molecule has 0 aliphatic rings. The molecule has 2 aromatic carbocycles. The van der Waals surface area contributed by atoms with E-state index in [2.05, 4.69) is 20.3 Å². The molecule has 1 heterocycles. The van der Waals surface area contributed by atoms with Gasteiger partial charge in [-0.3, -0.25) is 0 Å². The summed E-state index contributed by atoms with van der Waals surface area (Å²) in [6, 6.07) is 10.5. The van der Waals surface area contributed by atoms with Crippen molar-refractivity contribution in [3.05, 3.63) is 75.8 Å². The molecule has 8 heteroatoms. The molecule has 0 saturated heterocycles. The summed E-state index contributed by atoms with van der Waals surface area (Å²) < 4.78 is 32.2. The van der Waals surface area contributed by atoms with Crippen LogP contribution < -0.4 is 5.32 Å². The number of benzene rings is 2. The van der Waals surface area contributed by atoms with Crippen molar-refractivity contribution in [2.45, 2.75) is 13.0 Å². The lowest BCUT2D eigenvalue weighted by molar-refractivity contribution is 0.0600. The number of hydrogen-bond acceptors (Lipinski definition) is 6. The number of esters is 1. The molecule has 1 aromatic heterocycles. The first-order valence-electron chi connectivity index (χ1n) is 7.73. The van der Waals surface area contributed by atoms with Gasteiger partial charge in [0.15, 0.2) is 0 Å². The first-order chi connectivity index (χ1) is 12.6. The quantitative estimate of drug-likeness (QED) is 0.664. The van der Waals surface area contributed by atoms with Gasteiger partial charge in [0.05, 0.1) is 12.7 Å². The zero-order chi connectivity index (χ0) is 18.5. The third-order valence-corrected chi connectivity index (χ3v) is 4.54. The van der Waals surface area contributed by atoms with E-state index in [1.807, 2.05) is 0 Å². The van der Waals surface area contributed by atoms with Crippen LogP contribution in [0.2, 0.25) is 0 Å². The van der Waals surface area contributed by atoms with E-state index in [9.17, 15) is 13.6 Å². The number of rotatable bonds is 6. The predicted molar refractivity (Wildman–Crippen MR) is 94.2 cm³/mol. The van der Waals surface area contributed by atoms with Crippen molar-refractivity contribution in [1.82, 2.24) is 10.2 Å². The van der Waals surface area contributed by atoms with Gasteiger partial charge in [-0.1, -0.05) is 29.5 Å². The van der Waals surface area contributed by atoms with Crippen molar-refractivity contribution in [2.24, 2.45) is 0 Å². The van der Waals surface area contributed by atoms with Gasteiger partial charge in [0.2, 0.25) is 5.13 Å². The molecular weight excluding hydrogens is 360 g/mol. The maximum Gasteiger partial charge on any atom is 0.337 e. The Morgan fingerprint density at radius 2 is 1.88 bits per heavy atom. The summed E-state index contributed by atoms with van der Waals surface area (Å²) in [4.78, 5) is 11.5. The number of hydrogen-bond donors (Lipinski definition) is 1. The molecule has 0 saturated carbocycles. The molecule has 1 N–H and O–H groups in total. The number of nitrogens with zero attached hydrogens (tertiary/aromatic N) is 2. The van der Waals surface area contributed by atoms with Crippen molar-refractivity contribution in [2.75, 3.05) is 12.4 Å². The molecule has 3 aromatic rings. The minimum absolute atomic E-state index is 0.130. The maximum atomic E-state index is 13.9. The van der Waals surface area contributed by atoms with Gasteiger partial charge in [0.25, 0.3) is 0 Å². The second-order valence-electron chi connectivity index (χ2n) is 5.42. The molecule has 0 aliphatic heterocycles. The fourth-order valence-electron chi connectivity index (χ4n) is 2.33. The van der Waals surface area contributed by atoms with E-state index < -0.39 is 11.8 Å². The van der Waals surface area contributed by atoms with Gasteiger partial charge in [0, 0.05) is 18.5 Å². The Morgan fingerprint density at radius 1 is 1.12 bits per heavy atom. The largest absolute Gasteiger partial charge is 0.465 e. The molecule has 0 fully saturated rings. The van der Waals surface area contributed by atoms with Crippen LogP contribution in [0.1, 0.15) is 26.5 Å². The second kappa shape index (κ2) is 8.01. The van der Waals surface area contributed by atoms with Gasteiger partial charge in [-0.25, -0.2) is 13.6 Å². The Labute approximate surface area is 152 Å². The zero-order valence-corrected chi connectivity index (χ0v) is 14.6. The molecule has 5 nitrogen and oxygen atoms in total. The van der Waals surface area contributed by atoms with Crippen LogP contribution in [0.4, 0.5) is 13.9 Å². The third-order valence-electron chi connectivity index (χ3n) is 3.66. The van der Waals surface area contributed by atoms with Gasteiger partial charge in [0.1, 0.15) is 16.6 Å². The van der Waals surface area contributed by atoms with Crippen LogP contribution in [-0.2, 0) is 17.7 Å². The average Bonchev–Trinajstić information content (AvgIpc) is 3.10. The molecule has 0 spiro atoms. The average molecular weight is 375 g/mol. The number of carbonyl (C=O) groups is 1. The van der Waals surface area contributed by atoms with Gasteiger partial charge >= 0.3 is 5.97 Å². The summed E-state index contributed by atoms with van der Waals surface area (Å²) in [5.41, 5.74) is 1.11. The zero-order valence-electron chi connectivity index (χ0n) is 13.8. The molecule has 0 aliphatic carbocycles. The van der Waals surface area contributed by atoms with Crippen LogP contribution in [0.5, 0.6) is 0 Å². The van der Waals surface area contributed by atoms with Crippen molar-refractivity contribution < 1.29 is 18.3 Å². The van der Waals surface area contributed by atoms with Crippen LogP contribution in [0.15, 0.2) is 42.5 Å². The lowest BCUT2D eigenvalue weighted by atomic mass is 10.1. The number of nitrogens with one attached hydrogen (secondary N) is 1. The van der Waals surface area contributed by atoms with Crippen LogP contribution in [-0.4, -0.2) is 23.3 Å². The van der Waals surface area contributed by atoms with Crippen LogP contribution in [0.25, 0.3) is 0 Å². The number of methoxy groups -OCH3 is 1. The summed E-state index contributed by atoms with van der Waals surface area (Å²) in [7, 11) is 1.27. The minimum atomic E-state index is -0.533. The highest BCUT2D eigenvalue weighted by Crippen LogP contribution is 2.21. The van der Waals surface area contributed by atoms with E-state index in [1.165, 1.54) is 42.7 Å². The number of anilines is 1. The Morgan fingerprint density at radius 3 is 2.65 bits per heavy atom. The molecule has 0 amide bonds. The van der Waals surface area contributed by atoms with Crippen molar-refractivity contribution in [3.8, 4) is 0 Å². The lowest BCUT2D eigenvalue weighted by Gasteiger charge is -2.06. The van der Waals surface area contributed by atoms with Crippen LogP contribution in [0.3, 0.4) is 0 Å². The number of carbonyl (C=O) groups excluding carboxylic acids is 1. The smallest absolute Gasteiger partial charge is 0.337 e. The van der Waals surface area contributed by atoms with Gasteiger partial charge < -0.3 is 10.1 Å². The van der Waals surface area contributed by atoms with Crippen molar-refractivity contribution in [1.29, 1.82) is 0 Å². The van der Waals surface area contributed by atoms with E-state index in [0.29, 0.717) is 27.7 Å². The molecule has 0 atom stereocenters. The predicted octanol–water partition coefficient (Wildman–Crippen LogP) is 3.81. The van der Waals surface area contributed by atoms with Crippen LogP contribution >= 0.6 is 11.3 Å². The summed E-state index contributed by atoms with van der Waals surface area (Å²) in [5.74, 6) is -1.27. The van der Waals surface area contributed by atoms with Gasteiger partial charge in [-0.2, -0.15) is 0 Å². The van der Waals surface area contributed by atoms with Crippen LogP contribution in [0, 0.1) is 11.6 Å². The minimum Gasteiger partial charge on any atom is -0.465 e. The monoisotopic (exact) mass is 375 g/mol. The first kappa shape index (κ1) is 17.9. The van der Waals surface area contributed by atoms with Gasteiger partial charge in [-0.05, 0) is 29.8 Å². The van der Waals surface area contributed by atoms with Gasteiger partial charge in [-0.15, -0.1) is 10.2 Å². The molecule has 0 radical (unpaired) electrons. The normalized spacial score (nSPS) is 10.6. The summed E-state index contributed by atoms with van der Waals surface area (Å²) in [5, 5.41) is 12.1. The molecule has 0 unspecified atom stereocenters. The molecule has 134 valence electrons. The van der Waals surface area contributed by atoms with Crippen molar-refractivity contribution >= 4 is 22.4 Å². The van der Waals surface area contributed by atoms with E-state index in [1.54, 1.807) is 18.2 Å². The lowest BCUT2D eigenvalue weighted by Crippen LogP contribution is -2.06. The second-order valence-corrected chi connectivity index (χ2v) is 6.48. The van der Waals surface area contributed by atoms with E-state index in [4.69, 9.17) is 0 Å². The topological polar surface area (TPSA) is 64.1 Å². The van der Waals surface area contributed by atoms with E-state index in [-0.39, 0.29) is 17.9 Å². The van der Waals surface area contributed by atoms with E-state index >= 15 is 0 Å². The first-order valence-corrected chi connectivity index (χ1v) is 8.55. The number of aromatic nitrogens is 2. The highest BCUT2D eigenvalue weighted by atomic mass is 32.1. The highest BCUT2D eigenvalue weighted by Gasteiger charge is 2.12. The maximum absolute atomic E-state index is 13.9. The summed E-state index contributed by atoms with van der Waals surface area (Å²) in [6.07, 6.45) is 0.332. The third kappa shape index (κ3) is 4.20. The number of ether oxygens (including phenoxy) is 1. The Bertz CT molecular complexity index is 930. The SMILES string of the molecule is COC(=O)c1ccc(F)c(CNc2nnc(Cc3ccccc3F)s2)c1. The standard InChI is InChI=1S/C18H15F2N3O2S/c1-25-17(24)12-6-7-15(20)13(8-12)10-21-18-23-22-16(26-18)9-11-4-2-3-5-14(11)19/h2-8H,9-10H2,1H3,(H,21,23). The fraction of sp³-hybridized carbons (Fsp3) is 0.167. The van der Waals surface area contributed by atoms with E-state index in [0.717, 1.165) is 0 Å².